The highest BCUT2D eigenvalue weighted by Gasteiger charge is 2.44. The predicted octanol–water partition coefficient (Wildman–Crippen LogP) is 2.38. The van der Waals surface area contributed by atoms with Crippen LogP contribution in [0, 0.1) is 0 Å². The number of amides is 1. The molecule has 5 nitrogen and oxygen atoms in total. The van der Waals surface area contributed by atoms with Gasteiger partial charge in [0.05, 0.1) is 17.2 Å². The average molecular weight is 326 g/mol. The molecule has 2 aromatic rings. The van der Waals surface area contributed by atoms with Gasteiger partial charge in [-0.15, -0.1) is 0 Å². The zero-order chi connectivity index (χ0) is 16.6. The molecule has 0 saturated carbocycles. The molecule has 0 radical (unpaired) electrons. The lowest BCUT2D eigenvalue weighted by Gasteiger charge is -2.46. The van der Waals surface area contributed by atoms with Crippen LogP contribution in [-0.4, -0.2) is 52.3 Å². The molecule has 2 aliphatic rings. The highest BCUT2D eigenvalue weighted by Crippen LogP contribution is 2.35. The van der Waals surface area contributed by atoms with Gasteiger partial charge in [0.1, 0.15) is 0 Å². The summed E-state index contributed by atoms with van der Waals surface area (Å²) in [5.74, 6) is 0.0359. The van der Waals surface area contributed by atoms with E-state index in [9.17, 15) is 9.90 Å². The van der Waals surface area contributed by atoms with Crippen molar-refractivity contribution in [3.05, 3.63) is 42.1 Å². The molecular formula is C19H22N2O3. The molecule has 1 spiro atoms. The number of carbonyl (C=O) groups excluding carboxylic acids is 1. The lowest BCUT2D eigenvalue weighted by atomic mass is 9.82. The summed E-state index contributed by atoms with van der Waals surface area (Å²) in [6, 6.07) is 9.46. The first-order valence-corrected chi connectivity index (χ1v) is 8.65. The van der Waals surface area contributed by atoms with Gasteiger partial charge in [0, 0.05) is 36.8 Å². The number of hydrogen-bond acceptors (Lipinski definition) is 4. The number of nitrogens with zero attached hydrogens (tertiary/aromatic N) is 2. The molecule has 5 heteroatoms. The first kappa shape index (κ1) is 15.5. The Kier molecular flexibility index (Phi) is 3.98. The van der Waals surface area contributed by atoms with E-state index in [0.717, 1.165) is 23.7 Å². The minimum Gasteiger partial charge on any atom is -0.390 e. The molecule has 1 aromatic heterocycles. The third kappa shape index (κ3) is 2.58. The number of ether oxygens (including phenoxy) is 1. The Labute approximate surface area is 141 Å². The maximum Gasteiger partial charge on any atom is 0.254 e. The first-order chi connectivity index (χ1) is 11.7. The van der Waals surface area contributed by atoms with Crippen molar-refractivity contribution < 1.29 is 14.6 Å². The van der Waals surface area contributed by atoms with Crippen LogP contribution in [0.2, 0.25) is 0 Å². The van der Waals surface area contributed by atoms with Crippen LogP contribution in [0.25, 0.3) is 10.9 Å². The number of carbonyl (C=O) groups is 1. The molecule has 0 bridgehead atoms. The molecule has 3 heterocycles. The van der Waals surface area contributed by atoms with Crippen molar-refractivity contribution in [1.82, 2.24) is 9.88 Å². The van der Waals surface area contributed by atoms with Gasteiger partial charge >= 0.3 is 0 Å². The van der Waals surface area contributed by atoms with E-state index < -0.39 is 11.7 Å². The summed E-state index contributed by atoms with van der Waals surface area (Å²) in [5.41, 5.74) is 1.08. The van der Waals surface area contributed by atoms with Gasteiger partial charge in [0.25, 0.3) is 5.91 Å². The zero-order valence-electron chi connectivity index (χ0n) is 13.6. The number of likely N-dealkylation sites (tertiary alicyclic amines) is 1. The van der Waals surface area contributed by atoms with Crippen molar-refractivity contribution in [3.8, 4) is 0 Å². The number of aliphatic hydroxyl groups is 1. The first-order valence-electron chi connectivity index (χ1n) is 8.65. The monoisotopic (exact) mass is 326 g/mol. The Morgan fingerprint density at radius 2 is 2.08 bits per heavy atom. The highest BCUT2D eigenvalue weighted by molar-refractivity contribution is 6.06. The molecule has 1 atom stereocenters. The van der Waals surface area contributed by atoms with Crippen molar-refractivity contribution >= 4 is 16.8 Å². The van der Waals surface area contributed by atoms with E-state index in [1.165, 1.54) is 0 Å². The Morgan fingerprint density at radius 1 is 1.25 bits per heavy atom. The van der Waals surface area contributed by atoms with Crippen molar-refractivity contribution in [3.63, 3.8) is 0 Å². The molecule has 0 aliphatic carbocycles. The molecule has 2 fully saturated rings. The van der Waals surface area contributed by atoms with Crippen LogP contribution in [-0.2, 0) is 4.74 Å². The summed E-state index contributed by atoms with van der Waals surface area (Å²) >= 11 is 0. The van der Waals surface area contributed by atoms with Crippen LogP contribution in [0.1, 0.15) is 36.0 Å². The highest BCUT2D eigenvalue weighted by atomic mass is 16.5. The normalized spacial score (nSPS) is 23.5. The summed E-state index contributed by atoms with van der Waals surface area (Å²) in [6.07, 6.45) is 4.43. The van der Waals surface area contributed by atoms with E-state index >= 15 is 0 Å². The smallest absolute Gasteiger partial charge is 0.254 e. The summed E-state index contributed by atoms with van der Waals surface area (Å²) < 4.78 is 5.92. The Balaban J connectivity index is 1.54. The minimum atomic E-state index is -0.449. The van der Waals surface area contributed by atoms with Crippen LogP contribution in [0.3, 0.4) is 0 Å². The second kappa shape index (κ2) is 6.15. The quantitative estimate of drug-likeness (QED) is 0.874. The summed E-state index contributed by atoms with van der Waals surface area (Å²) in [6.45, 7) is 1.94. The van der Waals surface area contributed by atoms with Gasteiger partial charge in [-0.1, -0.05) is 12.1 Å². The molecule has 2 aliphatic heterocycles. The molecule has 1 aromatic carbocycles. The number of pyridine rings is 1. The largest absolute Gasteiger partial charge is 0.390 e. The van der Waals surface area contributed by atoms with Gasteiger partial charge in [0.2, 0.25) is 0 Å². The SMILES string of the molecule is O=C(c1cccc2ncccc12)N1CCC2(CC1)OCCCC2O. The van der Waals surface area contributed by atoms with Crippen molar-refractivity contribution in [2.75, 3.05) is 19.7 Å². The number of piperidine rings is 1. The third-order valence-corrected chi connectivity index (χ3v) is 5.39. The molecule has 1 amide bonds. The second-order valence-corrected chi connectivity index (χ2v) is 6.74. The van der Waals surface area contributed by atoms with Crippen molar-refractivity contribution in [1.29, 1.82) is 0 Å². The number of benzene rings is 1. The third-order valence-electron chi connectivity index (χ3n) is 5.39. The molecule has 126 valence electrons. The Bertz CT molecular complexity index is 748. The van der Waals surface area contributed by atoms with Gasteiger partial charge in [-0.3, -0.25) is 9.78 Å². The second-order valence-electron chi connectivity index (χ2n) is 6.74. The minimum absolute atomic E-state index is 0.0359. The zero-order valence-corrected chi connectivity index (χ0v) is 13.6. The number of hydrogen-bond donors (Lipinski definition) is 1. The lowest BCUT2D eigenvalue weighted by molar-refractivity contribution is -0.174. The lowest BCUT2D eigenvalue weighted by Crippen LogP contribution is -2.56. The Hall–Kier alpha value is -1.98. The molecule has 1 unspecified atom stereocenters. The van der Waals surface area contributed by atoms with Gasteiger partial charge in [-0.25, -0.2) is 0 Å². The Morgan fingerprint density at radius 3 is 2.88 bits per heavy atom. The average Bonchev–Trinajstić information content (AvgIpc) is 2.64. The van der Waals surface area contributed by atoms with E-state index in [-0.39, 0.29) is 5.91 Å². The van der Waals surface area contributed by atoms with E-state index in [1.54, 1.807) is 6.20 Å². The predicted molar refractivity (Wildman–Crippen MR) is 90.8 cm³/mol. The summed E-state index contributed by atoms with van der Waals surface area (Å²) in [7, 11) is 0. The maximum absolute atomic E-state index is 13.0. The van der Waals surface area contributed by atoms with Crippen molar-refractivity contribution in [2.45, 2.75) is 37.4 Å². The number of aromatic nitrogens is 1. The van der Waals surface area contributed by atoms with E-state index in [4.69, 9.17) is 4.74 Å². The fourth-order valence-electron chi connectivity index (χ4n) is 3.94. The van der Waals surface area contributed by atoms with Crippen molar-refractivity contribution in [2.24, 2.45) is 0 Å². The number of fused-ring (bicyclic) bond motifs is 1. The fourth-order valence-corrected chi connectivity index (χ4v) is 3.94. The number of rotatable bonds is 1. The van der Waals surface area contributed by atoms with Gasteiger partial charge in [0.15, 0.2) is 0 Å². The maximum atomic E-state index is 13.0. The molecule has 4 rings (SSSR count). The molecule has 24 heavy (non-hydrogen) atoms. The van der Waals surface area contributed by atoms with Crippen LogP contribution < -0.4 is 0 Å². The summed E-state index contributed by atoms with van der Waals surface area (Å²) in [5, 5.41) is 11.2. The van der Waals surface area contributed by atoms with Crippen LogP contribution >= 0.6 is 0 Å². The van der Waals surface area contributed by atoms with Gasteiger partial charge in [-0.2, -0.15) is 0 Å². The van der Waals surface area contributed by atoms with Gasteiger partial charge in [-0.05, 0) is 43.9 Å². The van der Waals surface area contributed by atoms with E-state index in [1.807, 2.05) is 35.2 Å². The van der Waals surface area contributed by atoms with E-state index in [2.05, 4.69) is 4.98 Å². The number of aliphatic hydroxyl groups excluding tert-OH is 1. The van der Waals surface area contributed by atoms with E-state index in [0.29, 0.717) is 38.1 Å². The van der Waals surface area contributed by atoms with Crippen LogP contribution in [0.15, 0.2) is 36.5 Å². The standard InChI is InChI=1S/C19H22N2O3/c22-17-7-3-13-24-19(17)8-11-21(12-9-19)18(23)15-4-1-6-16-14(15)5-2-10-20-16/h1-2,4-6,10,17,22H,3,7-9,11-13H2. The summed E-state index contributed by atoms with van der Waals surface area (Å²) in [4.78, 5) is 19.2. The molecule has 2 saturated heterocycles. The molecule has 1 N–H and O–H groups in total. The van der Waals surface area contributed by atoms with Crippen LogP contribution in [0.5, 0.6) is 0 Å². The molecular weight excluding hydrogens is 304 g/mol. The van der Waals surface area contributed by atoms with Gasteiger partial charge < -0.3 is 14.7 Å². The van der Waals surface area contributed by atoms with Crippen LogP contribution in [0.4, 0.5) is 0 Å². The fraction of sp³-hybridized carbons (Fsp3) is 0.474. The topological polar surface area (TPSA) is 62.7 Å².